The smallest absolute Gasteiger partial charge is 0.323 e. The predicted octanol–water partition coefficient (Wildman–Crippen LogP) is 4.42. The van der Waals surface area contributed by atoms with Crippen LogP contribution in [0.25, 0.3) is 0 Å². The molecule has 2 saturated heterocycles. The Hall–Kier alpha value is -3.31. The van der Waals surface area contributed by atoms with Gasteiger partial charge in [0, 0.05) is 31.1 Å². The Bertz CT molecular complexity index is 1220. The van der Waals surface area contributed by atoms with E-state index in [1.807, 2.05) is 57.2 Å². The zero-order valence-corrected chi connectivity index (χ0v) is 25.0. The van der Waals surface area contributed by atoms with E-state index in [0.29, 0.717) is 18.7 Å². The number of carbonyl (C=O) groups excluding carboxylic acids is 3. The van der Waals surface area contributed by atoms with Gasteiger partial charge in [-0.15, -0.1) is 0 Å². The Kier molecular flexibility index (Phi) is 10.4. The summed E-state index contributed by atoms with van der Waals surface area (Å²) < 4.78 is 23.5. The van der Waals surface area contributed by atoms with E-state index in [2.05, 4.69) is 10.2 Å². The van der Waals surface area contributed by atoms with E-state index < -0.39 is 29.9 Å². The summed E-state index contributed by atoms with van der Waals surface area (Å²) in [6.07, 6.45) is 0.156. The van der Waals surface area contributed by atoms with Crippen LogP contribution in [0.1, 0.15) is 83.0 Å². The van der Waals surface area contributed by atoms with Gasteiger partial charge < -0.3 is 29.4 Å². The second-order valence-electron chi connectivity index (χ2n) is 11.9. The van der Waals surface area contributed by atoms with Crippen molar-refractivity contribution in [2.45, 2.75) is 96.7 Å². The van der Waals surface area contributed by atoms with Crippen molar-refractivity contribution in [1.82, 2.24) is 4.90 Å². The summed E-state index contributed by atoms with van der Waals surface area (Å²) in [5, 5.41) is 12.2. The lowest BCUT2D eigenvalue weighted by molar-refractivity contribution is -0.253. The molecule has 0 aromatic heterocycles. The van der Waals surface area contributed by atoms with E-state index in [0.717, 1.165) is 36.1 Å². The topological polar surface area (TPSA) is 124 Å². The third kappa shape index (κ3) is 8.61. The van der Waals surface area contributed by atoms with Crippen molar-refractivity contribution in [3.8, 4) is 0 Å². The molecule has 2 aliphatic heterocycles. The Morgan fingerprint density at radius 3 is 2.33 bits per heavy atom. The molecule has 0 spiro atoms. The van der Waals surface area contributed by atoms with Gasteiger partial charge in [0.1, 0.15) is 11.6 Å². The number of hydrogen-bond acceptors (Lipinski definition) is 9. The highest BCUT2D eigenvalue weighted by Gasteiger charge is 2.39. The predicted molar refractivity (Wildman–Crippen MR) is 155 cm³/mol. The number of benzene rings is 2. The van der Waals surface area contributed by atoms with Crippen LogP contribution in [0.15, 0.2) is 48.5 Å². The molecule has 5 unspecified atom stereocenters. The van der Waals surface area contributed by atoms with Gasteiger partial charge in [0.2, 0.25) is 0 Å². The number of anilines is 1. The SMILES string of the molecule is CC(=O)OC(C)C(=O)Nc1ccc(C2OC(CN3CCCC3C(=O)OC(C)(C)C)CC(c3ccc(CO)cc3)O2)cc1. The molecule has 2 aliphatic rings. The third-order valence-corrected chi connectivity index (χ3v) is 7.26. The van der Waals surface area contributed by atoms with E-state index in [1.54, 1.807) is 12.1 Å². The first-order valence-electron chi connectivity index (χ1n) is 14.5. The molecular formula is C32H42N2O8. The van der Waals surface area contributed by atoms with Crippen molar-refractivity contribution in [2.75, 3.05) is 18.4 Å². The molecular weight excluding hydrogens is 540 g/mol. The molecule has 10 heteroatoms. The number of nitrogens with zero attached hydrogens (tertiary/aromatic N) is 1. The minimum atomic E-state index is -0.916. The van der Waals surface area contributed by atoms with Crippen LogP contribution in [-0.2, 0) is 39.9 Å². The molecule has 0 saturated carbocycles. The molecule has 10 nitrogen and oxygen atoms in total. The van der Waals surface area contributed by atoms with Crippen molar-refractivity contribution in [2.24, 2.45) is 0 Å². The molecule has 2 aromatic carbocycles. The lowest BCUT2D eigenvalue weighted by Gasteiger charge is -2.38. The molecule has 4 rings (SSSR count). The van der Waals surface area contributed by atoms with Crippen molar-refractivity contribution in [1.29, 1.82) is 0 Å². The number of amides is 1. The number of ether oxygens (including phenoxy) is 4. The number of nitrogens with one attached hydrogen (secondary N) is 1. The van der Waals surface area contributed by atoms with E-state index in [9.17, 15) is 19.5 Å². The second kappa shape index (κ2) is 13.8. The summed E-state index contributed by atoms with van der Waals surface area (Å²) in [4.78, 5) is 38.6. The maximum atomic E-state index is 12.9. The van der Waals surface area contributed by atoms with Crippen molar-refractivity contribution in [3.63, 3.8) is 0 Å². The minimum Gasteiger partial charge on any atom is -0.459 e. The maximum Gasteiger partial charge on any atom is 0.323 e. The summed E-state index contributed by atoms with van der Waals surface area (Å²) in [6.45, 7) is 9.69. The molecule has 1 amide bonds. The molecule has 2 fully saturated rings. The molecule has 0 aliphatic carbocycles. The molecule has 5 atom stereocenters. The summed E-state index contributed by atoms with van der Waals surface area (Å²) >= 11 is 0. The van der Waals surface area contributed by atoms with Crippen LogP contribution >= 0.6 is 0 Å². The number of esters is 2. The first kappa shape index (κ1) is 31.6. The summed E-state index contributed by atoms with van der Waals surface area (Å²) in [7, 11) is 0. The van der Waals surface area contributed by atoms with Gasteiger partial charge in [-0.05, 0) is 70.3 Å². The Balaban J connectivity index is 1.50. The zero-order valence-electron chi connectivity index (χ0n) is 25.0. The van der Waals surface area contributed by atoms with Gasteiger partial charge in [-0.1, -0.05) is 36.4 Å². The lowest BCUT2D eigenvalue weighted by atomic mass is 9.99. The molecule has 42 heavy (non-hydrogen) atoms. The van der Waals surface area contributed by atoms with Gasteiger partial charge in [-0.3, -0.25) is 19.3 Å². The van der Waals surface area contributed by atoms with Gasteiger partial charge in [0.25, 0.3) is 5.91 Å². The number of likely N-dealkylation sites (tertiary alicyclic amines) is 1. The first-order valence-corrected chi connectivity index (χ1v) is 14.5. The van der Waals surface area contributed by atoms with Crippen LogP contribution < -0.4 is 5.32 Å². The van der Waals surface area contributed by atoms with Crippen LogP contribution in [0.4, 0.5) is 5.69 Å². The van der Waals surface area contributed by atoms with Gasteiger partial charge in [-0.2, -0.15) is 0 Å². The van der Waals surface area contributed by atoms with Crippen LogP contribution in [0.5, 0.6) is 0 Å². The van der Waals surface area contributed by atoms with E-state index in [-0.39, 0.29) is 30.8 Å². The van der Waals surface area contributed by atoms with Crippen molar-refractivity contribution < 1.29 is 38.4 Å². The highest BCUT2D eigenvalue weighted by atomic mass is 16.7. The zero-order chi connectivity index (χ0) is 30.4. The largest absolute Gasteiger partial charge is 0.459 e. The van der Waals surface area contributed by atoms with Crippen LogP contribution in [-0.4, -0.2) is 64.8 Å². The van der Waals surface area contributed by atoms with E-state index in [1.165, 1.54) is 13.8 Å². The second-order valence-corrected chi connectivity index (χ2v) is 11.9. The Labute approximate surface area is 247 Å². The average molecular weight is 583 g/mol. The fourth-order valence-corrected chi connectivity index (χ4v) is 5.25. The first-order chi connectivity index (χ1) is 19.9. The Morgan fingerprint density at radius 1 is 1.05 bits per heavy atom. The highest BCUT2D eigenvalue weighted by Crippen LogP contribution is 2.39. The normalized spacial score (nSPS) is 23.7. The molecule has 2 aromatic rings. The van der Waals surface area contributed by atoms with Gasteiger partial charge in [0.15, 0.2) is 12.4 Å². The summed E-state index contributed by atoms with van der Waals surface area (Å²) in [5.41, 5.74) is 2.55. The van der Waals surface area contributed by atoms with Crippen molar-refractivity contribution >= 4 is 23.5 Å². The average Bonchev–Trinajstić information content (AvgIpc) is 3.40. The van der Waals surface area contributed by atoms with Gasteiger partial charge in [-0.25, -0.2) is 0 Å². The number of aliphatic hydroxyl groups is 1. The van der Waals surface area contributed by atoms with Crippen LogP contribution in [0.3, 0.4) is 0 Å². The number of carbonyl (C=O) groups is 3. The summed E-state index contributed by atoms with van der Waals surface area (Å²) in [6, 6.07) is 14.5. The maximum absolute atomic E-state index is 12.9. The molecule has 228 valence electrons. The highest BCUT2D eigenvalue weighted by molar-refractivity contribution is 5.94. The molecule has 2 N–H and O–H groups in total. The van der Waals surface area contributed by atoms with E-state index >= 15 is 0 Å². The monoisotopic (exact) mass is 582 g/mol. The Morgan fingerprint density at radius 2 is 1.71 bits per heavy atom. The number of rotatable bonds is 9. The minimum absolute atomic E-state index is 0.0380. The number of aliphatic hydroxyl groups excluding tert-OH is 1. The third-order valence-electron chi connectivity index (χ3n) is 7.26. The standard InChI is InChI=1S/C32H42N2O8/c1-20(39-21(2)36)29(37)33-25-14-12-24(13-15-25)31-40-26(17-28(41-31)23-10-8-22(19-35)9-11-23)18-34-16-6-7-27(34)30(38)42-32(3,4)5/h8-15,20,26-28,31,35H,6-7,16-19H2,1-5H3,(H,33,37). The van der Waals surface area contributed by atoms with Crippen molar-refractivity contribution in [3.05, 3.63) is 65.2 Å². The molecule has 0 radical (unpaired) electrons. The molecule has 0 bridgehead atoms. The van der Waals surface area contributed by atoms with E-state index in [4.69, 9.17) is 18.9 Å². The summed E-state index contributed by atoms with van der Waals surface area (Å²) in [5.74, 6) is -1.17. The van der Waals surface area contributed by atoms with Crippen LogP contribution in [0.2, 0.25) is 0 Å². The van der Waals surface area contributed by atoms with Gasteiger partial charge in [0.05, 0.1) is 18.8 Å². The number of hydrogen-bond donors (Lipinski definition) is 2. The molecule has 2 heterocycles. The fraction of sp³-hybridized carbons (Fsp3) is 0.531. The fourth-order valence-electron chi connectivity index (χ4n) is 5.25. The van der Waals surface area contributed by atoms with Crippen LogP contribution in [0, 0.1) is 0 Å². The quantitative estimate of drug-likeness (QED) is 0.414. The van der Waals surface area contributed by atoms with Gasteiger partial charge >= 0.3 is 11.9 Å². The lowest BCUT2D eigenvalue weighted by Crippen LogP contribution is -2.45.